The number of nitrogens with zero attached hydrogens (tertiary/aromatic N) is 2. The summed E-state index contributed by atoms with van der Waals surface area (Å²) in [6.07, 6.45) is 5.65. The van der Waals surface area contributed by atoms with E-state index in [1.54, 1.807) is 17.0 Å². The van der Waals surface area contributed by atoms with Gasteiger partial charge in [0.15, 0.2) is 0 Å². The highest BCUT2D eigenvalue weighted by atomic mass is 32.2. The van der Waals surface area contributed by atoms with Gasteiger partial charge in [-0.05, 0) is 92.0 Å². The number of hydrogen-bond donors (Lipinski definition) is 0. The molecular weight excluding hydrogens is 415 g/mol. The lowest BCUT2D eigenvalue weighted by Gasteiger charge is -2.36. The molecule has 2 heterocycles. The van der Waals surface area contributed by atoms with Gasteiger partial charge in [-0.2, -0.15) is 4.31 Å². The maximum absolute atomic E-state index is 13.6. The molecule has 1 fully saturated rings. The van der Waals surface area contributed by atoms with Gasteiger partial charge in [-0.25, -0.2) is 12.8 Å². The zero-order valence-electron chi connectivity index (χ0n) is 17.5. The summed E-state index contributed by atoms with van der Waals surface area (Å²) in [7, 11) is -3.54. The quantitative estimate of drug-likeness (QED) is 0.729. The van der Waals surface area contributed by atoms with Gasteiger partial charge in [0.2, 0.25) is 15.9 Å². The normalized spacial score (nSPS) is 19.8. The van der Waals surface area contributed by atoms with Gasteiger partial charge in [0.05, 0.1) is 4.90 Å². The van der Waals surface area contributed by atoms with Gasteiger partial charge >= 0.3 is 0 Å². The first-order valence-corrected chi connectivity index (χ1v) is 12.6. The third kappa shape index (κ3) is 3.78. The first-order chi connectivity index (χ1) is 14.9. The molecule has 0 saturated carbocycles. The Morgan fingerprint density at radius 1 is 0.871 bits per heavy atom. The van der Waals surface area contributed by atoms with E-state index in [4.69, 9.17) is 0 Å². The number of anilines is 1. The van der Waals surface area contributed by atoms with Crippen molar-refractivity contribution in [2.75, 3.05) is 24.5 Å². The van der Waals surface area contributed by atoms with E-state index < -0.39 is 10.0 Å². The molecule has 5 rings (SSSR count). The van der Waals surface area contributed by atoms with E-state index in [9.17, 15) is 17.6 Å². The number of piperidine rings is 1. The van der Waals surface area contributed by atoms with Crippen LogP contribution in [0.2, 0.25) is 0 Å². The van der Waals surface area contributed by atoms with Crippen LogP contribution in [0.3, 0.4) is 0 Å². The SMILES string of the molecule is O=C(C1CCN(S(=O)(=O)c2ccc3c(c2)CCC3)CC1)N1CCCc2cc(F)ccc21. The van der Waals surface area contributed by atoms with Gasteiger partial charge in [0.1, 0.15) is 5.82 Å². The number of fused-ring (bicyclic) bond motifs is 2. The fourth-order valence-corrected chi connectivity index (χ4v) is 6.74. The first-order valence-electron chi connectivity index (χ1n) is 11.2. The molecule has 0 aromatic heterocycles. The standard InChI is InChI=1S/C24H27FN2O3S/c25-21-7-9-23-20(15-21)5-2-12-27(23)24(28)18-10-13-26(14-11-18)31(29,30)22-8-6-17-3-1-4-19(17)16-22/h6-9,15-16,18H,1-5,10-14H2. The number of amides is 1. The summed E-state index contributed by atoms with van der Waals surface area (Å²) >= 11 is 0. The summed E-state index contributed by atoms with van der Waals surface area (Å²) in [6, 6.07) is 10.1. The first kappa shape index (κ1) is 20.6. The molecule has 1 amide bonds. The minimum absolute atomic E-state index is 0.0298. The van der Waals surface area contributed by atoms with E-state index in [2.05, 4.69) is 0 Å². The smallest absolute Gasteiger partial charge is 0.243 e. The summed E-state index contributed by atoms with van der Waals surface area (Å²) in [4.78, 5) is 15.4. The number of benzene rings is 2. The van der Waals surface area contributed by atoms with Crippen LogP contribution in [-0.4, -0.2) is 38.3 Å². The number of sulfonamides is 1. The number of aryl methyl sites for hydroxylation is 3. The molecule has 2 aliphatic heterocycles. The van der Waals surface area contributed by atoms with Gasteiger partial charge in [-0.3, -0.25) is 4.79 Å². The second kappa shape index (κ2) is 8.02. The van der Waals surface area contributed by atoms with Crippen molar-refractivity contribution in [1.29, 1.82) is 0 Å². The van der Waals surface area contributed by atoms with Crippen LogP contribution in [-0.2, 0) is 34.1 Å². The van der Waals surface area contributed by atoms with Crippen LogP contribution < -0.4 is 4.90 Å². The van der Waals surface area contributed by atoms with Crippen LogP contribution >= 0.6 is 0 Å². The fourth-order valence-electron chi connectivity index (χ4n) is 5.22. The average molecular weight is 443 g/mol. The van der Waals surface area contributed by atoms with Crippen LogP contribution in [0.4, 0.5) is 10.1 Å². The molecule has 0 N–H and O–H groups in total. The van der Waals surface area contributed by atoms with Crippen LogP contribution in [0.5, 0.6) is 0 Å². The van der Waals surface area contributed by atoms with Crippen LogP contribution in [0.1, 0.15) is 42.4 Å². The predicted octanol–water partition coefficient (Wildman–Crippen LogP) is 3.69. The van der Waals surface area contributed by atoms with Crippen molar-refractivity contribution in [2.24, 2.45) is 5.92 Å². The highest BCUT2D eigenvalue weighted by Gasteiger charge is 2.35. The number of carbonyl (C=O) groups excluding carboxylic acids is 1. The van der Waals surface area contributed by atoms with Crippen molar-refractivity contribution in [2.45, 2.75) is 49.8 Å². The Morgan fingerprint density at radius 3 is 2.42 bits per heavy atom. The minimum Gasteiger partial charge on any atom is -0.312 e. The van der Waals surface area contributed by atoms with Crippen molar-refractivity contribution in [1.82, 2.24) is 4.31 Å². The zero-order valence-corrected chi connectivity index (χ0v) is 18.3. The van der Waals surface area contributed by atoms with E-state index >= 15 is 0 Å². The van der Waals surface area contributed by atoms with Gasteiger partial charge in [-0.1, -0.05) is 6.07 Å². The Kier molecular flexibility index (Phi) is 5.34. The summed E-state index contributed by atoms with van der Waals surface area (Å²) in [5.41, 5.74) is 4.07. The summed E-state index contributed by atoms with van der Waals surface area (Å²) in [5, 5.41) is 0. The summed E-state index contributed by atoms with van der Waals surface area (Å²) < 4.78 is 41.4. The van der Waals surface area contributed by atoms with Gasteiger partial charge in [-0.15, -0.1) is 0 Å². The average Bonchev–Trinajstić information content (AvgIpc) is 3.26. The Morgan fingerprint density at radius 2 is 1.61 bits per heavy atom. The molecule has 3 aliphatic rings. The molecule has 164 valence electrons. The number of halogens is 1. The summed E-state index contributed by atoms with van der Waals surface area (Å²) in [6.45, 7) is 1.32. The molecule has 0 spiro atoms. The minimum atomic E-state index is -3.54. The molecule has 31 heavy (non-hydrogen) atoms. The Hall–Kier alpha value is -2.25. The number of carbonyl (C=O) groups is 1. The Balaban J connectivity index is 1.28. The lowest BCUT2D eigenvalue weighted by molar-refractivity contribution is -0.123. The maximum Gasteiger partial charge on any atom is 0.243 e. The van der Waals surface area contributed by atoms with E-state index in [0.717, 1.165) is 48.9 Å². The molecule has 2 aromatic carbocycles. The molecule has 0 atom stereocenters. The van der Waals surface area contributed by atoms with E-state index in [1.807, 2.05) is 12.1 Å². The fraction of sp³-hybridized carbons (Fsp3) is 0.458. The molecule has 5 nitrogen and oxygen atoms in total. The van der Waals surface area contributed by atoms with Gasteiger partial charge < -0.3 is 4.90 Å². The second-order valence-electron chi connectivity index (χ2n) is 8.83. The Labute approximate surface area is 182 Å². The van der Waals surface area contributed by atoms with E-state index in [1.165, 1.54) is 22.0 Å². The topological polar surface area (TPSA) is 57.7 Å². The van der Waals surface area contributed by atoms with E-state index in [-0.39, 0.29) is 17.6 Å². The summed E-state index contributed by atoms with van der Waals surface area (Å²) in [5.74, 6) is -0.456. The highest BCUT2D eigenvalue weighted by molar-refractivity contribution is 7.89. The monoisotopic (exact) mass is 442 g/mol. The van der Waals surface area contributed by atoms with Crippen LogP contribution in [0.15, 0.2) is 41.3 Å². The third-order valence-electron chi connectivity index (χ3n) is 6.94. The maximum atomic E-state index is 13.6. The van der Waals surface area contributed by atoms with Gasteiger partial charge in [0.25, 0.3) is 0 Å². The number of rotatable bonds is 3. The zero-order chi connectivity index (χ0) is 21.6. The molecule has 2 aromatic rings. The Bertz CT molecular complexity index is 1120. The van der Waals surface area contributed by atoms with Crippen molar-refractivity contribution in [3.8, 4) is 0 Å². The molecule has 0 bridgehead atoms. The lowest BCUT2D eigenvalue weighted by Crippen LogP contribution is -2.45. The third-order valence-corrected chi connectivity index (χ3v) is 8.83. The highest BCUT2D eigenvalue weighted by Crippen LogP contribution is 2.33. The molecule has 0 radical (unpaired) electrons. The van der Waals surface area contributed by atoms with Crippen LogP contribution in [0.25, 0.3) is 0 Å². The van der Waals surface area contributed by atoms with Gasteiger partial charge in [0, 0.05) is 31.2 Å². The van der Waals surface area contributed by atoms with E-state index in [0.29, 0.717) is 37.4 Å². The molecule has 7 heteroatoms. The molecule has 1 saturated heterocycles. The van der Waals surface area contributed by atoms with Crippen molar-refractivity contribution in [3.05, 3.63) is 58.9 Å². The largest absolute Gasteiger partial charge is 0.312 e. The molecule has 0 unspecified atom stereocenters. The predicted molar refractivity (Wildman–Crippen MR) is 117 cm³/mol. The lowest BCUT2D eigenvalue weighted by atomic mass is 9.94. The van der Waals surface area contributed by atoms with Crippen molar-refractivity contribution >= 4 is 21.6 Å². The molecular formula is C24H27FN2O3S. The number of hydrogen-bond acceptors (Lipinski definition) is 3. The second-order valence-corrected chi connectivity index (χ2v) is 10.8. The van der Waals surface area contributed by atoms with Crippen molar-refractivity contribution in [3.63, 3.8) is 0 Å². The molecule has 1 aliphatic carbocycles. The van der Waals surface area contributed by atoms with Crippen molar-refractivity contribution < 1.29 is 17.6 Å². The van der Waals surface area contributed by atoms with Crippen LogP contribution in [0, 0.1) is 11.7 Å².